The van der Waals surface area contributed by atoms with Gasteiger partial charge in [0.15, 0.2) is 0 Å². The number of nitrogens with zero attached hydrogens (tertiary/aromatic N) is 1. The van der Waals surface area contributed by atoms with E-state index in [1.54, 1.807) is 0 Å². The maximum absolute atomic E-state index is 4.53. The van der Waals surface area contributed by atoms with Gasteiger partial charge in [0.05, 0.1) is 11.0 Å². The Morgan fingerprint density at radius 3 is 2.60 bits per heavy atom. The molecule has 2 nitrogen and oxygen atoms in total. The number of hydrogen-bond acceptors (Lipinski definition) is 2. The van der Waals surface area contributed by atoms with E-state index < -0.39 is 0 Å². The number of nitrogens with one attached hydrogen (secondary N) is 1. The van der Waals surface area contributed by atoms with Crippen molar-refractivity contribution < 1.29 is 0 Å². The van der Waals surface area contributed by atoms with Crippen LogP contribution in [0.1, 0.15) is 43.3 Å². The maximum Gasteiger partial charge on any atom is 0.109 e. The molecule has 0 bridgehead atoms. The number of thiol groups is 1. The van der Waals surface area contributed by atoms with Crippen LogP contribution in [0, 0.1) is 0 Å². The quantitative estimate of drug-likeness (QED) is 0.743. The maximum atomic E-state index is 4.53. The van der Waals surface area contributed by atoms with E-state index in [0.717, 1.165) is 16.9 Å². The summed E-state index contributed by atoms with van der Waals surface area (Å²) in [5, 5.41) is 0.264. The third-order valence-corrected chi connectivity index (χ3v) is 2.85. The van der Waals surface area contributed by atoms with Gasteiger partial charge in [0.2, 0.25) is 0 Å². The highest BCUT2D eigenvalue weighted by molar-refractivity contribution is 7.80. The van der Waals surface area contributed by atoms with Gasteiger partial charge in [-0.15, -0.1) is 0 Å². The summed E-state index contributed by atoms with van der Waals surface area (Å²) in [5.74, 6) is 1.49. The zero-order valence-electron chi connectivity index (χ0n) is 9.28. The molecule has 2 rings (SSSR count). The van der Waals surface area contributed by atoms with Crippen LogP contribution in [-0.2, 0) is 0 Å². The van der Waals surface area contributed by atoms with Crippen LogP contribution in [-0.4, -0.2) is 9.97 Å². The fourth-order valence-corrected chi connectivity index (χ4v) is 1.74. The second kappa shape index (κ2) is 3.89. The summed E-state index contributed by atoms with van der Waals surface area (Å²) >= 11 is 4.43. The van der Waals surface area contributed by atoms with Crippen LogP contribution in [0.5, 0.6) is 0 Å². The van der Waals surface area contributed by atoms with Gasteiger partial charge >= 0.3 is 0 Å². The fourth-order valence-electron chi connectivity index (χ4n) is 1.58. The van der Waals surface area contributed by atoms with Gasteiger partial charge in [-0.05, 0) is 24.6 Å². The monoisotopic (exact) mass is 220 g/mol. The summed E-state index contributed by atoms with van der Waals surface area (Å²) in [6.45, 7) is 6.35. The number of benzene rings is 1. The highest BCUT2D eigenvalue weighted by Crippen LogP contribution is 2.24. The topological polar surface area (TPSA) is 28.7 Å². The molecule has 0 spiro atoms. The minimum absolute atomic E-state index is 0.264. The molecule has 0 saturated heterocycles. The lowest BCUT2D eigenvalue weighted by molar-refractivity contribution is 0.799. The lowest BCUT2D eigenvalue weighted by Gasteiger charge is -2.02. The van der Waals surface area contributed by atoms with Crippen molar-refractivity contribution in [3.63, 3.8) is 0 Å². The van der Waals surface area contributed by atoms with Crippen molar-refractivity contribution >= 4 is 23.7 Å². The predicted octanol–water partition coefficient (Wildman–Crippen LogP) is 3.68. The molecule has 15 heavy (non-hydrogen) atoms. The molecule has 80 valence electrons. The number of rotatable bonds is 2. The molecule has 1 atom stereocenters. The zero-order chi connectivity index (χ0) is 11.0. The second-order valence-electron chi connectivity index (χ2n) is 4.23. The normalized spacial score (nSPS) is 13.7. The SMILES string of the molecule is CC(C)c1nc2ccc(C(C)S)cc2[nH]1. The minimum atomic E-state index is 0.264. The van der Waals surface area contributed by atoms with Crippen molar-refractivity contribution in [2.24, 2.45) is 0 Å². The van der Waals surface area contributed by atoms with Gasteiger partial charge in [-0.3, -0.25) is 0 Å². The first kappa shape index (κ1) is 10.6. The third-order valence-electron chi connectivity index (χ3n) is 2.55. The van der Waals surface area contributed by atoms with E-state index in [9.17, 15) is 0 Å². The van der Waals surface area contributed by atoms with Crippen LogP contribution in [0.4, 0.5) is 0 Å². The van der Waals surface area contributed by atoms with Gasteiger partial charge in [-0.25, -0.2) is 4.98 Å². The van der Waals surface area contributed by atoms with Gasteiger partial charge in [0, 0.05) is 11.2 Å². The number of fused-ring (bicyclic) bond motifs is 1. The van der Waals surface area contributed by atoms with Crippen molar-refractivity contribution in [1.82, 2.24) is 9.97 Å². The zero-order valence-corrected chi connectivity index (χ0v) is 10.2. The molecule has 0 fully saturated rings. The van der Waals surface area contributed by atoms with Crippen molar-refractivity contribution in [3.05, 3.63) is 29.6 Å². The molecule has 0 aliphatic heterocycles. The number of H-pyrrole nitrogens is 1. The van der Waals surface area contributed by atoms with Crippen molar-refractivity contribution in [2.45, 2.75) is 31.9 Å². The van der Waals surface area contributed by atoms with E-state index in [-0.39, 0.29) is 5.25 Å². The number of hydrogen-bond donors (Lipinski definition) is 2. The fraction of sp³-hybridized carbons (Fsp3) is 0.417. The Hall–Kier alpha value is -0.960. The molecular formula is C12H16N2S. The lowest BCUT2D eigenvalue weighted by atomic mass is 10.1. The number of aromatic amines is 1. The van der Waals surface area contributed by atoms with E-state index >= 15 is 0 Å². The Kier molecular flexibility index (Phi) is 2.74. The van der Waals surface area contributed by atoms with Crippen LogP contribution in [0.2, 0.25) is 0 Å². The summed E-state index contributed by atoms with van der Waals surface area (Å²) in [6, 6.07) is 6.27. The first-order chi connectivity index (χ1) is 7.08. The molecule has 1 aromatic carbocycles. The average molecular weight is 220 g/mol. The largest absolute Gasteiger partial charge is 0.342 e. The smallest absolute Gasteiger partial charge is 0.109 e. The Morgan fingerprint density at radius 1 is 1.27 bits per heavy atom. The molecule has 1 N–H and O–H groups in total. The van der Waals surface area contributed by atoms with Crippen LogP contribution in [0.25, 0.3) is 11.0 Å². The molecule has 2 aromatic rings. The minimum Gasteiger partial charge on any atom is -0.342 e. The van der Waals surface area contributed by atoms with Gasteiger partial charge in [-0.1, -0.05) is 19.9 Å². The Labute approximate surface area is 95.5 Å². The summed E-state index contributed by atoms with van der Waals surface area (Å²) in [5.41, 5.74) is 3.37. The molecule has 0 aliphatic carbocycles. The van der Waals surface area contributed by atoms with E-state index in [0.29, 0.717) is 5.92 Å². The van der Waals surface area contributed by atoms with Gasteiger partial charge in [0.1, 0.15) is 5.82 Å². The van der Waals surface area contributed by atoms with Crippen LogP contribution in [0.3, 0.4) is 0 Å². The molecule has 3 heteroatoms. The highest BCUT2D eigenvalue weighted by Gasteiger charge is 2.07. The van der Waals surface area contributed by atoms with Crippen molar-refractivity contribution in [2.75, 3.05) is 0 Å². The van der Waals surface area contributed by atoms with Crippen molar-refractivity contribution in [1.29, 1.82) is 0 Å². The summed E-state index contributed by atoms with van der Waals surface area (Å²) in [4.78, 5) is 7.88. The second-order valence-corrected chi connectivity index (χ2v) is 5.00. The van der Waals surface area contributed by atoms with Gasteiger partial charge in [-0.2, -0.15) is 12.6 Å². The molecule has 0 saturated carbocycles. The van der Waals surface area contributed by atoms with E-state index in [2.05, 4.69) is 61.6 Å². The molecule has 1 unspecified atom stereocenters. The first-order valence-corrected chi connectivity index (χ1v) is 5.77. The standard InChI is InChI=1S/C12H16N2S/c1-7(2)12-13-10-5-4-9(8(3)15)6-11(10)14-12/h4-8,15H,1-3H3,(H,13,14). The van der Waals surface area contributed by atoms with E-state index in [1.807, 2.05) is 0 Å². The van der Waals surface area contributed by atoms with Crippen molar-refractivity contribution in [3.8, 4) is 0 Å². The molecule has 0 amide bonds. The Balaban J connectivity index is 2.52. The van der Waals surface area contributed by atoms with Crippen LogP contribution in [0.15, 0.2) is 18.2 Å². The molecule has 1 heterocycles. The molecular weight excluding hydrogens is 204 g/mol. The van der Waals surface area contributed by atoms with Crippen LogP contribution >= 0.6 is 12.6 Å². The first-order valence-electron chi connectivity index (χ1n) is 5.25. The highest BCUT2D eigenvalue weighted by atomic mass is 32.1. The molecule has 1 aromatic heterocycles. The summed E-state index contributed by atoms with van der Waals surface area (Å²) in [7, 11) is 0. The van der Waals surface area contributed by atoms with E-state index in [1.165, 1.54) is 5.56 Å². The number of imidazole rings is 1. The molecule has 0 radical (unpaired) electrons. The lowest BCUT2D eigenvalue weighted by Crippen LogP contribution is -1.88. The van der Waals surface area contributed by atoms with Gasteiger partial charge in [0.25, 0.3) is 0 Å². The summed E-state index contributed by atoms with van der Waals surface area (Å²) in [6.07, 6.45) is 0. The van der Waals surface area contributed by atoms with E-state index in [4.69, 9.17) is 0 Å². The predicted molar refractivity (Wildman–Crippen MR) is 67.6 cm³/mol. The average Bonchev–Trinajstić information content (AvgIpc) is 2.59. The van der Waals surface area contributed by atoms with Crippen LogP contribution < -0.4 is 0 Å². The third kappa shape index (κ3) is 2.02. The summed E-state index contributed by atoms with van der Waals surface area (Å²) < 4.78 is 0. The molecule has 0 aliphatic rings. The number of aromatic nitrogens is 2. The van der Waals surface area contributed by atoms with Gasteiger partial charge < -0.3 is 4.98 Å². The Morgan fingerprint density at radius 2 is 2.00 bits per heavy atom. The Bertz CT molecular complexity index is 465.